The summed E-state index contributed by atoms with van der Waals surface area (Å²) in [6.45, 7) is 13.6. The van der Waals surface area contributed by atoms with E-state index in [9.17, 15) is 9.59 Å². The number of halogens is 1. The van der Waals surface area contributed by atoms with Crippen LogP contribution in [0.3, 0.4) is 0 Å². The molecule has 1 saturated heterocycles. The molecule has 1 aliphatic rings. The molecule has 8 heteroatoms. The van der Waals surface area contributed by atoms with Gasteiger partial charge in [0.2, 0.25) is 0 Å². The van der Waals surface area contributed by atoms with E-state index in [-0.39, 0.29) is 11.9 Å². The van der Waals surface area contributed by atoms with Crippen LogP contribution in [0.1, 0.15) is 64.2 Å². The molecule has 0 unspecified atom stereocenters. The van der Waals surface area contributed by atoms with Crippen LogP contribution in [0, 0.1) is 20.8 Å². The average molecular weight is 567 g/mol. The molecule has 1 aromatic heterocycles. The average Bonchev–Trinajstić information content (AvgIpc) is 2.93. The number of hydrogen-bond acceptors (Lipinski definition) is 6. The van der Waals surface area contributed by atoms with Crippen molar-refractivity contribution in [3.63, 3.8) is 0 Å². The Bertz CT molecular complexity index is 1330. The Balaban J connectivity index is 0.000000559. The summed E-state index contributed by atoms with van der Waals surface area (Å²) in [5.74, 6) is -0.400. The van der Waals surface area contributed by atoms with E-state index in [1.165, 1.54) is 19.4 Å². The summed E-state index contributed by atoms with van der Waals surface area (Å²) in [7, 11) is 4.21. The molecule has 0 bridgehead atoms. The number of nitrogens with zero attached hydrogens (tertiary/aromatic N) is 4. The van der Waals surface area contributed by atoms with Gasteiger partial charge in [0.05, 0.1) is 23.5 Å². The number of ether oxygens (including phenoxy) is 1. The number of anilines is 1. The van der Waals surface area contributed by atoms with Crippen LogP contribution in [-0.2, 0) is 4.74 Å². The number of carbonyl (C=O) groups is 2. The normalized spacial score (nSPS) is 13.3. The van der Waals surface area contributed by atoms with Crippen molar-refractivity contribution in [3.05, 3.63) is 69.4 Å². The first-order valence-corrected chi connectivity index (χ1v) is 14.5. The van der Waals surface area contributed by atoms with Crippen molar-refractivity contribution in [1.82, 2.24) is 14.8 Å². The van der Waals surface area contributed by atoms with Crippen LogP contribution in [0.4, 0.5) is 5.69 Å². The number of carbonyl (C=O) groups excluding carboxylic acids is 2. The predicted octanol–water partition coefficient (Wildman–Crippen LogP) is 6.30. The second-order valence-electron chi connectivity index (χ2n) is 10.6. The van der Waals surface area contributed by atoms with Crippen molar-refractivity contribution in [1.29, 1.82) is 0 Å². The second kappa shape index (κ2) is 14.5. The Kier molecular flexibility index (Phi) is 11.3. The minimum atomic E-state index is -0.367. The first-order valence-electron chi connectivity index (χ1n) is 14.1. The van der Waals surface area contributed by atoms with Gasteiger partial charge in [-0.3, -0.25) is 9.78 Å². The Morgan fingerprint density at radius 1 is 1.00 bits per heavy atom. The minimum Gasteiger partial charge on any atom is -0.462 e. The molecule has 0 spiro atoms. The van der Waals surface area contributed by atoms with Crippen LogP contribution in [-0.4, -0.2) is 80.1 Å². The van der Waals surface area contributed by atoms with Gasteiger partial charge in [0.15, 0.2) is 0 Å². The van der Waals surface area contributed by atoms with Crippen LogP contribution >= 0.6 is 11.6 Å². The number of rotatable bonds is 7. The van der Waals surface area contributed by atoms with E-state index in [2.05, 4.69) is 41.9 Å². The molecule has 3 aromatic rings. The summed E-state index contributed by atoms with van der Waals surface area (Å²) >= 11 is 6.23. The number of aromatic nitrogens is 1. The smallest absolute Gasteiger partial charge is 0.342 e. The topological polar surface area (TPSA) is 66.0 Å². The lowest BCUT2D eigenvalue weighted by Gasteiger charge is -2.37. The quantitative estimate of drug-likeness (QED) is 0.313. The molecule has 1 amide bonds. The molecule has 7 nitrogen and oxygen atoms in total. The fourth-order valence-electron chi connectivity index (χ4n) is 4.77. The monoisotopic (exact) mass is 566 g/mol. The first kappa shape index (κ1) is 31.4. The highest BCUT2D eigenvalue weighted by atomic mass is 35.5. The number of piperazine rings is 1. The molecular weight excluding hydrogens is 524 g/mol. The number of amides is 1. The van der Waals surface area contributed by atoms with E-state index in [1.54, 1.807) is 13.0 Å². The maximum absolute atomic E-state index is 13.0. The Labute approximate surface area is 244 Å². The molecule has 2 aromatic carbocycles. The van der Waals surface area contributed by atoms with E-state index < -0.39 is 0 Å². The standard InChI is InChI=1S/C26H28ClN3O3.C6H15N/c1-5-33-26(32)23-18(4)28-22-9-6-16(2)14-20(22)24(23)29-10-12-30(13-11-29)25(31)19-8-7-17(3)21(27)15-19;1-4-5-6-7(2)3/h6-9,14-15H,5,10-13H2,1-4H3;4-6H2,1-3H3. The molecular formula is C32H43ClN4O3. The van der Waals surface area contributed by atoms with Gasteiger partial charge in [0.25, 0.3) is 5.91 Å². The van der Waals surface area contributed by atoms with Gasteiger partial charge in [-0.2, -0.15) is 0 Å². The lowest BCUT2D eigenvalue weighted by Crippen LogP contribution is -2.49. The molecule has 0 aliphatic carbocycles. The molecule has 0 atom stereocenters. The predicted molar refractivity (Wildman–Crippen MR) is 165 cm³/mol. The fraction of sp³-hybridized carbons (Fsp3) is 0.469. The summed E-state index contributed by atoms with van der Waals surface area (Å²) in [6, 6.07) is 11.5. The molecule has 0 radical (unpaired) electrons. The summed E-state index contributed by atoms with van der Waals surface area (Å²) < 4.78 is 5.37. The van der Waals surface area contributed by atoms with E-state index in [0.717, 1.165) is 27.7 Å². The highest BCUT2D eigenvalue weighted by Gasteiger charge is 2.29. The zero-order chi connectivity index (χ0) is 29.4. The largest absolute Gasteiger partial charge is 0.462 e. The maximum atomic E-state index is 13.0. The molecule has 0 N–H and O–H groups in total. The van der Waals surface area contributed by atoms with Crippen molar-refractivity contribution >= 4 is 40.1 Å². The molecule has 1 aliphatic heterocycles. The maximum Gasteiger partial charge on any atom is 0.342 e. The van der Waals surface area contributed by atoms with Gasteiger partial charge in [-0.1, -0.05) is 42.6 Å². The number of hydrogen-bond donors (Lipinski definition) is 0. The second-order valence-corrected chi connectivity index (χ2v) is 11.0. The van der Waals surface area contributed by atoms with Gasteiger partial charge >= 0.3 is 5.97 Å². The van der Waals surface area contributed by atoms with Gasteiger partial charge in [-0.25, -0.2) is 4.79 Å². The van der Waals surface area contributed by atoms with Crippen LogP contribution in [0.5, 0.6) is 0 Å². The van der Waals surface area contributed by atoms with E-state index in [4.69, 9.17) is 16.3 Å². The van der Waals surface area contributed by atoms with Crippen molar-refractivity contribution in [2.45, 2.75) is 47.5 Å². The van der Waals surface area contributed by atoms with E-state index in [1.807, 2.05) is 49.9 Å². The van der Waals surface area contributed by atoms with E-state index in [0.29, 0.717) is 54.6 Å². The third-order valence-electron chi connectivity index (χ3n) is 7.03. The molecule has 4 rings (SSSR count). The molecule has 2 heterocycles. The highest BCUT2D eigenvalue weighted by molar-refractivity contribution is 6.31. The first-order chi connectivity index (χ1) is 19.1. The SMILES string of the molecule is CCCCN(C)C.CCOC(=O)c1c(C)nc2ccc(C)cc2c1N1CCN(C(=O)c2ccc(C)c(Cl)c2)CC1. The van der Waals surface area contributed by atoms with E-state index >= 15 is 0 Å². The van der Waals surface area contributed by atoms with Crippen molar-refractivity contribution in [3.8, 4) is 0 Å². The van der Waals surface area contributed by atoms with Crippen LogP contribution in [0.25, 0.3) is 10.9 Å². The van der Waals surface area contributed by atoms with Gasteiger partial charge in [-0.05, 0) is 84.6 Å². The highest BCUT2D eigenvalue weighted by Crippen LogP contribution is 2.34. The Hall–Kier alpha value is -3.16. The Morgan fingerprint density at radius 2 is 1.70 bits per heavy atom. The van der Waals surface area contributed by atoms with Crippen LogP contribution in [0.15, 0.2) is 36.4 Å². The van der Waals surface area contributed by atoms with Crippen molar-refractivity contribution in [2.75, 3.05) is 58.3 Å². The molecule has 1 fully saturated rings. The van der Waals surface area contributed by atoms with Gasteiger partial charge < -0.3 is 19.4 Å². The van der Waals surface area contributed by atoms with Crippen LogP contribution in [0.2, 0.25) is 5.02 Å². The molecule has 216 valence electrons. The third-order valence-corrected chi connectivity index (χ3v) is 7.44. The third kappa shape index (κ3) is 7.73. The number of benzene rings is 2. The molecule has 40 heavy (non-hydrogen) atoms. The zero-order valence-corrected chi connectivity index (χ0v) is 25.8. The fourth-order valence-corrected chi connectivity index (χ4v) is 4.95. The van der Waals surface area contributed by atoms with Crippen molar-refractivity contribution < 1.29 is 14.3 Å². The van der Waals surface area contributed by atoms with Crippen LogP contribution < -0.4 is 4.90 Å². The lowest BCUT2D eigenvalue weighted by atomic mass is 10.0. The number of esters is 1. The number of unbranched alkanes of at least 4 members (excludes halogenated alkanes) is 1. The van der Waals surface area contributed by atoms with Crippen molar-refractivity contribution in [2.24, 2.45) is 0 Å². The number of pyridine rings is 1. The van der Waals surface area contributed by atoms with Gasteiger partial charge in [0.1, 0.15) is 5.56 Å². The molecule has 0 saturated carbocycles. The summed E-state index contributed by atoms with van der Waals surface area (Å²) in [5.41, 5.74) is 5.45. The Morgan fingerprint density at radius 3 is 2.27 bits per heavy atom. The number of aryl methyl sites for hydroxylation is 3. The minimum absolute atomic E-state index is 0.0335. The lowest BCUT2D eigenvalue weighted by molar-refractivity contribution is 0.0524. The summed E-state index contributed by atoms with van der Waals surface area (Å²) in [5, 5.41) is 1.52. The van der Waals surface area contributed by atoms with Gasteiger partial charge in [-0.15, -0.1) is 0 Å². The van der Waals surface area contributed by atoms with Gasteiger partial charge in [0, 0.05) is 42.2 Å². The summed E-state index contributed by atoms with van der Waals surface area (Å²) in [4.78, 5) is 36.8. The number of fused-ring (bicyclic) bond motifs is 1. The summed E-state index contributed by atoms with van der Waals surface area (Å²) in [6.07, 6.45) is 2.63. The zero-order valence-electron chi connectivity index (χ0n) is 25.0.